The first kappa shape index (κ1) is 28.2. The Labute approximate surface area is 231 Å². The van der Waals surface area contributed by atoms with Crippen LogP contribution in [-0.2, 0) is 10.2 Å². The lowest BCUT2D eigenvalue weighted by atomic mass is 9.73. The van der Waals surface area contributed by atoms with Crippen molar-refractivity contribution < 1.29 is 19.1 Å². The van der Waals surface area contributed by atoms with Crippen LogP contribution in [0.15, 0.2) is 42.5 Å². The van der Waals surface area contributed by atoms with Gasteiger partial charge in [0.05, 0.1) is 30.8 Å². The van der Waals surface area contributed by atoms with E-state index in [2.05, 4.69) is 35.0 Å². The van der Waals surface area contributed by atoms with Crippen molar-refractivity contribution in [2.75, 3.05) is 63.2 Å². The van der Waals surface area contributed by atoms with Gasteiger partial charge in [0.15, 0.2) is 0 Å². The summed E-state index contributed by atoms with van der Waals surface area (Å²) in [6.45, 7) is 10.6. The first-order valence-corrected chi connectivity index (χ1v) is 13.7. The normalized spacial score (nSPS) is 17.4. The quantitative estimate of drug-likeness (QED) is 0.524. The van der Waals surface area contributed by atoms with Gasteiger partial charge in [-0.3, -0.25) is 0 Å². The van der Waals surface area contributed by atoms with E-state index in [4.69, 9.17) is 9.47 Å². The number of nitrogens with one attached hydrogen (secondary N) is 1. The van der Waals surface area contributed by atoms with Gasteiger partial charge in [0.1, 0.15) is 5.75 Å². The average molecular weight is 534 g/mol. The second-order valence-corrected chi connectivity index (χ2v) is 10.4. The number of carbonyl (C=O) groups is 2. The maximum absolute atomic E-state index is 13.2. The van der Waals surface area contributed by atoms with Gasteiger partial charge in [-0.15, -0.1) is 0 Å². The first-order chi connectivity index (χ1) is 18.8. The number of hydrogen-bond acceptors (Lipinski definition) is 7. The van der Waals surface area contributed by atoms with Crippen molar-refractivity contribution in [1.82, 2.24) is 9.80 Å². The molecule has 0 aromatic heterocycles. The fourth-order valence-corrected chi connectivity index (χ4v) is 5.44. The van der Waals surface area contributed by atoms with Crippen molar-refractivity contribution in [3.05, 3.63) is 53.6 Å². The topological polar surface area (TPSA) is 98.1 Å². The number of benzene rings is 2. The monoisotopic (exact) mass is 533 g/mol. The third-order valence-electron chi connectivity index (χ3n) is 7.85. The summed E-state index contributed by atoms with van der Waals surface area (Å²) in [6, 6.07) is 15.8. The van der Waals surface area contributed by atoms with E-state index in [1.54, 1.807) is 25.0 Å². The van der Waals surface area contributed by atoms with Crippen molar-refractivity contribution in [2.45, 2.75) is 45.1 Å². The Hall–Kier alpha value is -3.77. The smallest absolute Gasteiger partial charge is 0.338 e. The van der Waals surface area contributed by atoms with Crippen molar-refractivity contribution in [3.63, 3.8) is 0 Å². The van der Waals surface area contributed by atoms with E-state index in [0.29, 0.717) is 55.8 Å². The lowest BCUT2D eigenvalue weighted by Gasteiger charge is -2.40. The summed E-state index contributed by atoms with van der Waals surface area (Å²) >= 11 is 0. The summed E-state index contributed by atoms with van der Waals surface area (Å²) in [7, 11) is 1.62. The van der Waals surface area contributed by atoms with Crippen LogP contribution in [0, 0.1) is 11.3 Å². The second-order valence-electron chi connectivity index (χ2n) is 10.4. The summed E-state index contributed by atoms with van der Waals surface area (Å²) in [5.74, 6) is 0.339. The molecule has 2 saturated heterocycles. The number of hydrogen-bond donors (Lipinski definition) is 1. The number of carbonyl (C=O) groups excluding carboxylic acids is 2. The molecule has 0 radical (unpaired) electrons. The summed E-state index contributed by atoms with van der Waals surface area (Å²) in [4.78, 5) is 31.6. The number of amides is 2. The van der Waals surface area contributed by atoms with Crippen molar-refractivity contribution in [2.24, 2.45) is 0 Å². The molecule has 2 amide bonds. The predicted octanol–water partition coefficient (Wildman–Crippen LogP) is 4.49. The highest BCUT2D eigenvalue weighted by Crippen LogP contribution is 2.41. The molecule has 39 heavy (non-hydrogen) atoms. The van der Waals surface area contributed by atoms with E-state index < -0.39 is 5.41 Å². The Morgan fingerprint density at radius 1 is 1.05 bits per heavy atom. The van der Waals surface area contributed by atoms with E-state index in [9.17, 15) is 14.9 Å². The number of rotatable bonds is 7. The van der Waals surface area contributed by atoms with Gasteiger partial charge in [0, 0.05) is 62.2 Å². The molecule has 2 aromatic carbocycles. The van der Waals surface area contributed by atoms with E-state index in [-0.39, 0.29) is 12.0 Å². The zero-order valence-electron chi connectivity index (χ0n) is 23.4. The van der Waals surface area contributed by atoms with Crippen molar-refractivity contribution >= 4 is 23.4 Å². The number of piperazine rings is 1. The molecule has 2 fully saturated rings. The van der Waals surface area contributed by atoms with Gasteiger partial charge in [-0.05, 0) is 70.0 Å². The molecule has 208 valence electrons. The Bertz CT molecular complexity index is 1210. The molecule has 2 aliphatic heterocycles. The minimum Gasteiger partial charge on any atom is -0.496 e. The Morgan fingerprint density at radius 3 is 2.38 bits per heavy atom. The number of nitrogens with zero attached hydrogens (tertiary/aromatic N) is 4. The van der Waals surface area contributed by atoms with E-state index in [0.717, 1.165) is 37.2 Å². The maximum Gasteiger partial charge on any atom is 0.338 e. The second kappa shape index (κ2) is 12.4. The highest BCUT2D eigenvalue weighted by molar-refractivity contribution is 5.91. The van der Waals surface area contributed by atoms with Crippen LogP contribution >= 0.6 is 0 Å². The molecule has 2 aromatic rings. The molecular formula is C30H39N5O4. The highest BCUT2D eigenvalue weighted by Gasteiger charge is 2.39. The van der Waals surface area contributed by atoms with Crippen LogP contribution in [0.2, 0.25) is 0 Å². The Morgan fingerprint density at radius 2 is 1.77 bits per heavy atom. The molecule has 0 unspecified atom stereocenters. The summed E-state index contributed by atoms with van der Waals surface area (Å²) in [6.07, 6.45) is 1.43. The number of urea groups is 1. The molecule has 4 rings (SSSR count). The Balaban J connectivity index is 1.41. The van der Waals surface area contributed by atoms with Crippen LogP contribution in [-0.4, -0.2) is 80.8 Å². The van der Waals surface area contributed by atoms with E-state index in [1.807, 2.05) is 36.4 Å². The SMILES string of the molecule is CCOC(=O)c1cccc(N2CCN(C(=O)Nc3ccc(OC)c(C4(C#N)CCN(C(C)C)CC4)c3)CC2)c1. The lowest BCUT2D eigenvalue weighted by molar-refractivity contribution is 0.0526. The van der Waals surface area contributed by atoms with Gasteiger partial charge in [0.25, 0.3) is 0 Å². The van der Waals surface area contributed by atoms with Crippen LogP contribution in [0.5, 0.6) is 5.75 Å². The standard InChI is InChI=1S/C30H39N5O4/c1-5-39-28(36)23-7-6-8-25(19-23)34-15-17-35(18-16-34)29(37)32-24-9-10-27(38-4)26(20-24)30(21-31)11-13-33(14-12-30)22(2)3/h6-10,19-20,22H,5,11-18H2,1-4H3,(H,32,37). The van der Waals surface area contributed by atoms with Crippen LogP contribution in [0.25, 0.3) is 0 Å². The number of likely N-dealkylation sites (tertiary alicyclic amines) is 1. The summed E-state index contributed by atoms with van der Waals surface area (Å²) in [5, 5.41) is 13.3. The third-order valence-corrected chi connectivity index (χ3v) is 7.85. The van der Waals surface area contributed by atoms with Gasteiger partial charge in [-0.1, -0.05) is 6.07 Å². The van der Waals surface area contributed by atoms with Crippen LogP contribution in [0.1, 0.15) is 49.5 Å². The molecule has 0 saturated carbocycles. The fraction of sp³-hybridized carbons (Fsp3) is 0.500. The highest BCUT2D eigenvalue weighted by atomic mass is 16.5. The van der Waals surface area contributed by atoms with Crippen LogP contribution in [0.3, 0.4) is 0 Å². The lowest BCUT2D eigenvalue weighted by Crippen LogP contribution is -2.50. The molecule has 0 atom stereocenters. The molecule has 0 aliphatic carbocycles. The average Bonchev–Trinajstić information content (AvgIpc) is 2.97. The van der Waals surface area contributed by atoms with Crippen molar-refractivity contribution in [1.29, 1.82) is 5.26 Å². The molecule has 1 N–H and O–H groups in total. The minimum absolute atomic E-state index is 0.174. The van der Waals surface area contributed by atoms with Gasteiger partial charge >= 0.3 is 12.0 Å². The van der Waals surface area contributed by atoms with E-state index >= 15 is 0 Å². The molecule has 2 heterocycles. The van der Waals surface area contributed by atoms with Gasteiger partial charge in [-0.25, -0.2) is 9.59 Å². The largest absolute Gasteiger partial charge is 0.496 e. The van der Waals surface area contributed by atoms with Gasteiger partial charge in [0.2, 0.25) is 0 Å². The maximum atomic E-state index is 13.2. The van der Waals surface area contributed by atoms with Crippen LogP contribution < -0.4 is 15.0 Å². The summed E-state index contributed by atoms with van der Waals surface area (Å²) in [5.41, 5.74) is 2.29. The minimum atomic E-state index is -0.652. The number of methoxy groups -OCH3 is 1. The molecule has 0 bridgehead atoms. The first-order valence-electron chi connectivity index (χ1n) is 13.7. The molecule has 9 heteroatoms. The van der Waals surface area contributed by atoms with E-state index in [1.165, 1.54) is 0 Å². The number of ether oxygens (including phenoxy) is 2. The third kappa shape index (κ3) is 6.28. The Kier molecular flexibility index (Phi) is 8.97. The molecule has 9 nitrogen and oxygen atoms in total. The molecule has 2 aliphatic rings. The van der Waals surface area contributed by atoms with Gasteiger partial charge < -0.3 is 29.5 Å². The number of anilines is 2. The summed E-state index contributed by atoms with van der Waals surface area (Å²) < 4.78 is 10.8. The predicted molar refractivity (Wildman–Crippen MR) is 151 cm³/mol. The van der Waals surface area contributed by atoms with Crippen molar-refractivity contribution in [3.8, 4) is 11.8 Å². The fourth-order valence-electron chi connectivity index (χ4n) is 5.44. The molecular weight excluding hydrogens is 494 g/mol. The van der Waals surface area contributed by atoms with Gasteiger partial charge in [-0.2, -0.15) is 5.26 Å². The number of nitriles is 1. The number of esters is 1. The zero-order valence-corrected chi connectivity index (χ0v) is 23.4. The van der Waals surface area contributed by atoms with Crippen LogP contribution in [0.4, 0.5) is 16.2 Å². The molecule has 0 spiro atoms. The number of piperidine rings is 1. The zero-order chi connectivity index (χ0) is 28.0.